The van der Waals surface area contributed by atoms with Crippen LogP contribution >= 0.6 is 0 Å². The Balaban J connectivity index is 2.53. The molecule has 1 aromatic carbocycles. The SMILES string of the molecule is CC/C(=C/CNCc1ccc(S(C)(=O)=O)cc1)C(=O)O. The molecule has 0 bridgehead atoms. The lowest BCUT2D eigenvalue weighted by atomic mass is 10.2. The summed E-state index contributed by atoms with van der Waals surface area (Å²) in [7, 11) is -3.16. The maximum absolute atomic E-state index is 11.3. The summed E-state index contributed by atoms with van der Waals surface area (Å²) in [6.07, 6.45) is 3.30. The lowest BCUT2D eigenvalue weighted by Gasteiger charge is -2.04. The van der Waals surface area contributed by atoms with E-state index < -0.39 is 15.8 Å². The van der Waals surface area contributed by atoms with E-state index in [1.165, 1.54) is 6.26 Å². The van der Waals surface area contributed by atoms with Gasteiger partial charge in [0.1, 0.15) is 0 Å². The summed E-state index contributed by atoms with van der Waals surface area (Å²) >= 11 is 0. The lowest BCUT2D eigenvalue weighted by molar-refractivity contribution is -0.132. The first-order valence-corrected chi connectivity index (χ1v) is 8.15. The van der Waals surface area contributed by atoms with Gasteiger partial charge in [-0.2, -0.15) is 0 Å². The molecule has 5 nitrogen and oxygen atoms in total. The molecule has 1 aromatic rings. The Kier molecular flexibility index (Phi) is 5.91. The van der Waals surface area contributed by atoms with Gasteiger partial charge in [-0.05, 0) is 24.1 Å². The molecule has 0 amide bonds. The molecule has 0 fully saturated rings. The monoisotopic (exact) mass is 297 g/mol. The van der Waals surface area contributed by atoms with Crippen LogP contribution in [0.2, 0.25) is 0 Å². The van der Waals surface area contributed by atoms with Crippen molar-refractivity contribution in [2.45, 2.75) is 24.8 Å². The van der Waals surface area contributed by atoms with Gasteiger partial charge in [0, 0.05) is 24.9 Å². The minimum atomic E-state index is -3.16. The van der Waals surface area contributed by atoms with Gasteiger partial charge in [0.2, 0.25) is 0 Å². The second kappa shape index (κ2) is 7.21. The minimum absolute atomic E-state index is 0.292. The van der Waals surface area contributed by atoms with Crippen molar-refractivity contribution in [3.63, 3.8) is 0 Å². The third-order valence-corrected chi connectivity index (χ3v) is 3.96. The molecular weight excluding hydrogens is 278 g/mol. The molecule has 0 saturated carbocycles. The second-order valence-electron chi connectivity index (χ2n) is 4.44. The van der Waals surface area contributed by atoms with E-state index in [4.69, 9.17) is 5.11 Å². The molecule has 0 saturated heterocycles. The maximum atomic E-state index is 11.3. The topological polar surface area (TPSA) is 83.5 Å². The van der Waals surface area contributed by atoms with Crippen molar-refractivity contribution >= 4 is 15.8 Å². The van der Waals surface area contributed by atoms with Gasteiger partial charge in [0.25, 0.3) is 0 Å². The number of nitrogens with one attached hydrogen (secondary N) is 1. The summed E-state index contributed by atoms with van der Waals surface area (Å²) in [5.41, 5.74) is 1.32. The molecule has 110 valence electrons. The van der Waals surface area contributed by atoms with Crippen LogP contribution in [0, 0.1) is 0 Å². The van der Waals surface area contributed by atoms with Gasteiger partial charge < -0.3 is 10.4 Å². The molecule has 0 aromatic heterocycles. The Labute approximate surface area is 119 Å². The van der Waals surface area contributed by atoms with E-state index in [2.05, 4.69) is 5.32 Å². The van der Waals surface area contributed by atoms with E-state index in [1.54, 1.807) is 37.3 Å². The van der Waals surface area contributed by atoms with Crippen LogP contribution in [-0.2, 0) is 21.2 Å². The van der Waals surface area contributed by atoms with Crippen molar-refractivity contribution in [2.24, 2.45) is 0 Å². The zero-order valence-electron chi connectivity index (χ0n) is 11.6. The van der Waals surface area contributed by atoms with Crippen LogP contribution in [0.1, 0.15) is 18.9 Å². The first kappa shape index (κ1) is 16.4. The van der Waals surface area contributed by atoms with Crippen LogP contribution in [0.3, 0.4) is 0 Å². The quantitative estimate of drug-likeness (QED) is 0.590. The first-order valence-electron chi connectivity index (χ1n) is 6.26. The summed E-state index contributed by atoms with van der Waals surface area (Å²) in [6.45, 7) is 2.81. The number of benzene rings is 1. The molecule has 1 rings (SSSR count). The van der Waals surface area contributed by atoms with Crippen molar-refractivity contribution in [3.8, 4) is 0 Å². The molecule has 0 aliphatic carbocycles. The molecule has 0 heterocycles. The van der Waals surface area contributed by atoms with Crippen molar-refractivity contribution in [3.05, 3.63) is 41.5 Å². The number of aliphatic carboxylic acids is 1. The zero-order valence-corrected chi connectivity index (χ0v) is 12.4. The van der Waals surface area contributed by atoms with Crippen LogP contribution in [0.5, 0.6) is 0 Å². The predicted octanol–water partition coefficient (Wildman–Crippen LogP) is 1.60. The van der Waals surface area contributed by atoms with Crippen molar-refractivity contribution in [2.75, 3.05) is 12.8 Å². The molecular formula is C14H19NO4S. The Bertz CT molecular complexity index is 588. The Hall–Kier alpha value is -1.66. The highest BCUT2D eigenvalue weighted by atomic mass is 32.2. The van der Waals surface area contributed by atoms with Gasteiger partial charge in [-0.25, -0.2) is 13.2 Å². The number of hydrogen-bond acceptors (Lipinski definition) is 4. The van der Waals surface area contributed by atoms with E-state index in [-0.39, 0.29) is 0 Å². The third-order valence-electron chi connectivity index (χ3n) is 2.83. The Morgan fingerprint density at radius 2 is 1.90 bits per heavy atom. The standard InChI is InChI=1S/C14H19NO4S/c1-3-12(14(16)17)8-9-15-10-11-4-6-13(7-5-11)20(2,18)19/h4-8,15H,3,9-10H2,1-2H3,(H,16,17)/b12-8-. The second-order valence-corrected chi connectivity index (χ2v) is 6.45. The van der Waals surface area contributed by atoms with Crippen molar-refractivity contribution in [1.29, 1.82) is 0 Å². The molecule has 2 N–H and O–H groups in total. The summed E-state index contributed by atoms with van der Waals surface area (Å²) in [5, 5.41) is 11.9. The molecule has 6 heteroatoms. The average Bonchev–Trinajstić information content (AvgIpc) is 2.38. The van der Waals surface area contributed by atoms with Crippen LogP contribution in [0.25, 0.3) is 0 Å². The van der Waals surface area contributed by atoms with E-state index in [1.807, 2.05) is 0 Å². The fourth-order valence-electron chi connectivity index (χ4n) is 1.65. The number of rotatable bonds is 7. The molecule has 0 unspecified atom stereocenters. The molecule has 0 radical (unpaired) electrons. The number of carboxylic acids is 1. The van der Waals surface area contributed by atoms with Gasteiger partial charge in [-0.15, -0.1) is 0 Å². The molecule has 0 aliphatic rings. The smallest absolute Gasteiger partial charge is 0.331 e. The zero-order chi connectivity index (χ0) is 15.2. The van der Waals surface area contributed by atoms with E-state index >= 15 is 0 Å². The average molecular weight is 297 g/mol. The maximum Gasteiger partial charge on any atom is 0.331 e. The van der Waals surface area contributed by atoms with E-state index in [0.29, 0.717) is 30.0 Å². The first-order chi connectivity index (χ1) is 9.34. The van der Waals surface area contributed by atoms with Crippen molar-refractivity contribution < 1.29 is 18.3 Å². The van der Waals surface area contributed by atoms with Gasteiger partial charge >= 0.3 is 5.97 Å². The lowest BCUT2D eigenvalue weighted by Crippen LogP contribution is -2.14. The summed E-state index contributed by atoms with van der Waals surface area (Å²) in [4.78, 5) is 11.1. The fraction of sp³-hybridized carbons (Fsp3) is 0.357. The van der Waals surface area contributed by atoms with Gasteiger partial charge in [-0.1, -0.05) is 25.1 Å². The number of hydrogen-bond donors (Lipinski definition) is 2. The van der Waals surface area contributed by atoms with Gasteiger partial charge in [-0.3, -0.25) is 0 Å². The molecule has 0 atom stereocenters. The van der Waals surface area contributed by atoms with E-state index in [9.17, 15) is 13.2 Å². The molecule has 0 aliphatic heterocycles. The van der Waals surface area contributed by atoms with E-state index in [0.717, 1.165) is 5.56 Å². The predicted molar refractivity (Wildman–Crippen MR) is 77.3 cm³/mol. The molecule has 20 heavy (non-hydrogen) atoms. The largest absolute Gasteiger partial charge is 0.478 e. The Morgan fingerprint density at radius 3 is 2.35 bits per heavy atom. The highest BCUT2D eigenvalue weighted by Crippen LogP contribution is 2.10. The summed E-state index contributed by atoms with van der Waals surface area (Å²) in [5.74, 6) is -0.896. The summed E-state index contributed by atoms with van der Waals surface area (Å²) < 4.78 is 22.6. The normalized spacial score (nSPS) is 12.4. The third kappa shape index (κ3) is 5.14. The number of carbonyl (C=O) groups is 1. The van der Waals surface area contributed by atoms with Gasteiger partial charge in [0.05, 0.1) is 4.90 Å². The molecule has 0 spiro atoms. The highest BCUT2D eigenvalue weighted by Gasteiger charge is 2.06. The van der Waals surface area contributed by atoms with Crippen LogP contribution in [-0.4, -0.2) is 32.3 Å². The van der Waals surface area contributed by atoms with Crippen molar-refractivity contribution in [1.82, 2.24) is 5.32 Å². The number of carboxylic acid groups (broad SMARTS) is 1. The minimum Gasteiger partial charge on any atom is -0.478 e. The van der Waals surface area contributed by atoms with Gasteiger partial charge in [0.15, 0.2) is 9.84 Å². The summed E-state index contributed by atoms with van der Waals surface area (Å²) in [6, 6.07) is 6.61. The van der Waals surface area contributed by atoms with Crippen LogP contribution < -0.4 is 5.32 Å². The number of sulfone groups is 1. The fourth-order valence-corrected chi connectivity index (χ4v) is 2.28. The Morgan fingerprint density at radius 1 is 1.30 bits per heavy atom. The van der Waals surface area contributed by atoms with Crippen LogP contribution in [0.15, 0.2) is 40.8 Å². The highest BCUT2D eigenvalue weighted by molar-refractivity contribution is 7.90. The van der Waals surface area contributed by atoms with Crippen LogP contribution in [0.4, 0.5) is 0 Å².